The highest BCUT2D eigenvalue weighted by Gasteiger charge is 2.17. The van der Waals surface area contributed by atoms with E-state index in [-0.39, 0.29) is 5.54 Å². The van der Waals surface area contributed by atoms with Gasteiger partial charge in [-0.05, 0) is 19.4 Å². The largest absolute Gasteiger partial charge is 0.246 e. The minimum absolute atomic E-state index is 0.00125. The Morgan fingerprint density at radius 3 is 2.18 bits per heavy atom. The van der Waals surface area contributed by atoms with E-state index in [1.54, 1.807) is 0 Å². The molecule has 0 radical (unpaired) electrons. The van der Waals surface area contributed by atoms with Crippen molar-refractivity contribution in [2.75, 3.05) is 0 Å². The van der Waals surface area contributed by atoms with E-state index in [4.69, 9.17) is 0 Å². The maximum absolute atomic E-state index is 3.26. The molecule has 0 heterocycles. The monoisotopic (exact) mass is 213 g/mol. The molecular formula is C9H12BrN. The summed E-state index contributed by atoms with van der Waals surface area (Å²) in [5, 5.41) is 0. The molecule has 0 aliphatic rings. The molecule has 0 saturated heterocycles. The molecule has 1 aromatic carbocycles. The Balaban J connectivity index is 2.93. The van der Waals surface area contributed by atoms with E-state index >= 15 is 0 Å². The molecule has 0 bridgehead atoms. The van der Waals surface area contributed by atoms with E-state index in [0.29, 0.717) is 0 Å². The Bertz CT molecular complexity index is 218. The topological polar surface area (TPSA) is 12.0 Å². The predicted octanol–water partition coefficient (Wildman–Crippen LogP) is 2.82. The summed E-state index contributed by atoms with van der Waals surface area (Å²) in [6.07, 6.45) is 0. The van der Waals surface area contributed by atoms with Gasteiger partial charge in [0.05, 0.1) is 0 Å². The van der Waals surface area contributed by atoms with Gasteiger partial charge < -0.3 is 0 Å². The van der Waals surface area contributed by atoms with Gasteiger partial charge in [-0.2, -0.15) is 0 Å². The molecule has 0 atom stereocenters. The number of hydrogen-bond donors (Lipinski definition) is 1. The second kappa shape index (κ2) is 3.37. The molecule has 1 rings (SSSR count). The summed E-state index contributed by atoms with van der Waals surface area (Å²) in [5.74, 6) is 0. The Kier molecular flexibility index (Phi) is 2.68. The van der Waals surface area contributed by atoms with E-state index in [0.717, 1.165) is 0 Å². The average molecular weight is 214 g/mol. The van der Waals surface area contributed by atoms with Crippen LogP contribution in [0.15, 0.2) is 30.3 Å². The van der Waals surface area contributed by atoms with Crippen LogP contribution in [0.25, 0.3) is 0 Å². The van der Waals surface area contributed by atoms with E-state index in [2.05, 4.69) is 46.5 Å². The van der Waals surface area contributed by atoms with Crippen molar-refractivity contribution in [1.82, 2.24) is 4.34 Å². The average Bonchev–Trinajstić information content (AvgIpc) is 2.06. The summed E-state index contributed by atoms with van der Waals surface area (Å²) >= 11 is 3.26. The quantitative estimate of drug-likeness (QED) is 0.746. The van der Waals surface area contributed by atoms with Crippen LogP contribution in [0.4, 0.5) is 0 Å². The molecule has 0 unspecified atom stereocenters. The molecule has 1 aromatic rings. The first-order valence-electron chi connectivity index (χ1n) is 3.60. The molecule has 2 heteroatoms. The van der Waals surface area contributed by atoms with Gasteiger partial charge in [0.2, 0.25) is 0 Å². The summed E-state index contributed by atoms with van der Waals surface area (Å²) in [7, 11) is 0. The first-order valence-corrected chi connectivity index (χ1v) is 4.39. The maximum atomic E-state index is 3.26. The summed E-state index contributed by atoms with van der Waals surface area (Å²) in [4.78, 5) is 0. The zero-order valence-electron chi connectivity index (χ0n) is 6.76. The zero-order valence-corrected chi connectivity index (χ0v) is 8.35. The van der Waals surface area contributed by atoms with E-state index < -0.39 is 0 Å². The fourth-order valence-corrected chi connectivity index (χ4v) is 1.14. The van der Waals surface area contributed by atoms with Gasteiger partial charge in [-0.1, -0.05) is 30.3 Å². The minimum Gasteiger partial charge on any atom is -0.246 e. The Morgan fingerprint density at radius 1 is 1.18 bits per heavy atom. The third-order valence-electron chi connectivity index (χ3n) is 1.73. The van der Waals surface area contributed by atoms with Crippen LogP contribution >= 0.6 is 16.1 Å². The van der Waals surface area contributed by atoms with E-state index in [1.165, 1.54) is 5.56 Å². The van der Waals surface area contributed by atoms with E-state index in [1.807, 2.05) is 18.2 Å². The van der Waals surface area contributed by atoms with E-state index in [9.17, 15) is 0 Å². The van der Waals surface area contributed by atoms with Crippen molar-refractivity contribution in [2.24, 2.45) is 0 Å². The van der Waals surface area contributed by atoms with Crippen LogP contribution < -0.4 is 4.34 Å². The van der Waals surface area contributed by atoms with Gasteiger partial charge in [-0.25, -0.2) is 4.34 Å². The van der Waals surface area contributed by atoms with Gasteiger partial charge in [0.1, 0.15) is 0 Å². The van der Waals surface area contributed by atoms with Crippen LogP contribution in [0.1, 0.15) is 19.4 Å². The molecule has 0 amide bonds. The van der Waals surface area contributed by atoms with Crippen LogP contribution in [0.2, 0.25) is 0 Å². The second-order valence-electron chi connectivity index (χ2n) is 3.09. The minimum atomic E-state index is 0.00125. The number of nitrogens with one attached hydrogen (secondary N) is 1. The first-order chi connectivity index (χ1) is 5.17. The standard InChI is InChI=1S/C9H12BrN/c1-9(2,11-10)8-6-4-3-5-7-8/h3-7,11H,1-2H3. The molecular weight excluding hydrogens is 202 g/mol. The molecule has 1 N–H and O–H groups in total. The Morgan fingerprint density at radius 2 is 1.73 bits per heavy atom. The summed E-state index contributed by atoms with van der Waals surface area (Å²) in [5.41, 5.74) is 1.28. The molecule has 0 saturated carbocycles. The maximum Gasteiger partial charge on any atom is 0.0478 e. The fraction of sp³-hybridized carbons (Fsp3) is 0.333. The van der Waals surface area contributed by atoms with Gasteiger partial charge >= 0.3 is 0 Å². The third kappa shape index (κ3) is 2.04. The van der Waals surface area contributed by atoms with Crippen LogP contribution in [0, 0.1) is 0 Å². The van der Waals surface area contributed by atoms with Gasteiger partial charge in [-0.3, -0.25) is 0 Å². The summed E-state index contributed by atoms with van der Waals surface area (Å²) in [6, 6.07) is 10.3. The zero-order chi connectivity index (χ0) is 8.32. The van der Waals surface area contributed by atoms with Crippen LogP contribution in [-0.2, 0) is 5.54 Å². The summed E-state index contributed by atoms with van der Waals surface area (Å²) < 4.78 is 3.07. The van der Waals surface area contributed by atoms with Crippen molar-refractivity contribution in [2.45, 2.75) is 19.4 Å². The third-order valence-corrected chi connectivity index (χ3v) is 2.72. The Labute approximate surface area is 76.2 Å². The van der Waals surface area contributed by atoms with Gasteiger partial charge in [0.25, 0.3) is 0 Å². The van der Waals surface area contributed by atoms with Crippen molar-refractivity contribution in [3.63, 3.8) is 0 Å². The van der Waals surface area contributed by atoms with Crippen molar-refractivity contribution >= 4 is 16.1 Å². The van der Waals surface area contributed by atoms with Gasteiger partial charge in [0.15, 0.2) is 0 Å². The Hall–Kier alpha value is -0.340. The van der Waals surface area contributed by atoms with Gasteiger partial charge in [-0.15, -0.1) is 0 Å². The number of halogens is 1. The predicted molar refractivity (Wildman–Crippen MR) is 51.5 cm³/mol. The molecule has 0 spiro atoms. The highest BCUT2D eigenvalue weighted by Crippen LogP contribution is 2.19. The molecule has 60 valence electrons. The lowest BCUT2D eigenvalue weighted by Gasteiger charge is -2.22. The van der Waals surface area contributed by atoms with Crippen molar-refractivity contribution < 1.29 is 0 Å². The van der Waals surface area contributed by atoms with Crippen LogP contribution in [0.3, 0.4) is 0 Å². The molecule has 0 aliphatic carbocycles. The lowest BCUT2D eigenvalue weighted by atomic mass is 9.96. The normalized spacial score (nSPS) is 11.5. The highest BCUT2D eigenvalue weighted by molar-refractivity contribution is 9.08. The highest BCUT2D eigenvalue weighted by atomic mass is 79.9. The SMILES string of the molecule is CC(C)(NBr)c1ccccc1. The van der Waals surface area contributed by atoms with Crippen LogP contribution in [-0.4, -0.2) is 0 Å². The molecule has 0 aromatic heterocycles. The second-order valence-corrected chi connectivity index (χ2v) is 3.48. The first kappa shape index (κ1) is 8.75. The fourth-order valence-electron chi connectivity index (χ4n) is 0.909. The molecule has 0 aliphatic heterocycles. The van der Waals surface area contributed by atoms with Crippen molar-refractivity contribution in [1.29, 1.82) is 0 Å². The lowest BCUT2D eigenvalue weighted by Crippen LogP contribution is -2.28. The van der Waals surface area contributed by atoms with Crippen molar-refractivity contribution in [3.05, 3.63) is 35.9 Å². The van der Waals surface area contributed by atoms with Crippen molar-refractivity contribution in [3.8, 4) is 0 Å². The lowest BCUT2D eigenvalue weighted by molar-refractivity contribution is 0.517. The smallest absolute Gasteiger partial charge is 0.0478 e. The molecule has 11 heavy (non-hydrogen) atoms. The number of benzene rings is 1. The number of rotatable bonds is 2. The summed E-state index contributed by atoms with van der Waals surface area (Å²) in [6.45, 7) is 4.24. The molecule has 0 fully saturated rings. The number of hydrogen-bond acceptors (Lipinski definition) is 1. The molecule has 1 nitrogen and oxygen atoms in total. The van der Waals surface area contributed by atoms with Crippen LogP contribution in [0.5, 0.6) is 0 Å². The van der Waals surface area contributed by atoms with Gasteiger partial charge in [0, 0.05) is 21.7 Å².